The Morgan fingerprint density at radius 2 is 2.54 bits per heavy atom. The van der Waals surface area contributed by atoms with Crippen LogP contribution in [0.1, 0.15) is 13.3 Å². The quantitative estimate of drug-likeness (QED) is 0.613. The highest BCUT2D eigenvalue weighted by atomic mass is 16.5. The molecule has 1 atom stereocenters. The zero-order valence-electron chi connectivity index (χ0n) is 7.69. The van der Waals surface area contributed by atoms with Crippen molar-refractivity contribution < 1.29 is 9.53 Å². The predicted molar refractivity (Wildman–Crippen MR) is 51.8 cm³/mol. The molecule has 0 saturated heterocycles. The Balaban J connectivity index is 2.68. The first kappa shape index (κ1) is 9.86. The maximum absolute atomic E-state index is 11.3. The normalized spacial score (nSPS) is 21.5. The van der Waals surface area contributed by atoms with E-state index in [0.717, 1.165) is 12.1 Å². The molecule has 0 fully saturated rings. The molecule has 0 amide bonds. The standard InChI is InChI=1S/C10H13NO2/c1-3-7-13-10-8(4-2)11-6-5-9(10)12/h3,5-6,10H,1,4,7H2,2H3. The molecule has 0 aromatic heterocycles. The Morgan fingerprint density at radius 3 is 3.15 bits per heavy atom. The van der Waals surface area contributed by atoms with E-state index in [9.17, 15) is 4.79 Å². The van der Waals surface area contributed by atoms with Gasteiger partial charge in [0.25, 0.3) is 0 Å². The predicted octanol–water partition coefficient (Wildman–Crippen LogP) is 1.50. The highest BCUT2D eigenvalue weighted by molar-refractivity contribution is 6.14. The van der Waals surface area contributed by atoms with E-state index in [4.69, 9.17) is 4.74 Å². The van der Waals surface area contributed by atoms with Crippen LogP contribution >= 0.6 is 0 Å². The summed E-state index contributed by atoms with van der Waals surface area (Å²) in [6.07, 6.45) is 4.83. The molecule has 0 N–H and O–H groups in total. The van der Waals surface area contributed by atoms with Gasteiger partial charge in [0, 0.05) is 12.3 Å². The summed E-state index contributed by atoms with van der Waals surface area (Å²) >= 11 is 0. The summed E-state index contributed by atoms with van der Waals surface area (Å²) in [5, 5.41) is 0. The van der Waals surface area contributed by atoms with Crippen molar-refractivity contribution in [3.63, 3.8) is 0 Å². The van der Waals surface area contributed by atoms with Gasteiger partial charge in [-0.15, -0.1) is 6.58 Å². The van der Waals surface area contributed by atoms with E-state index in [0.29, 0.717) is 6.61 Å². The number of carbonyl (C=O) groups is 1. The van der Waals surface area contributed by atoms with Crippen molar-refractivity contribution in [2.24, 2.45) is 4.99 Å². The zero-order valence-corrected chi connectivity index (χ0v) is 7.69. The molecule has 1 unspecified atom stereocenters. The molecule has 1 rings (SSSR count). The Morgan fingerprint density at radius 1 is 1.77 bits per heavy atom. The molecule has 1 heterocycles. The van der Waals surface area contributed by atoms with Crippen LogP contribution in [0.5, 0.6) is 0 Å². The summed E-state index contributed by atoms with van der Waals surface area (Å²) in [6.45, 7) is 5.86. The summed E-state index contributed by atoms with van der Waals surface area (Å²) in [6, 6.07) is 0. The number of hydrogen-bond donors (Lipinski definition) is 0. The van der Waals surface area contributed by atoms with E-state index in [-0.39, 0.29) is 5.78 Å². The molecule has 0 spiro atoms. The van der Waals surface area contributed by atoms with Gasteiger partial charge in [0.05, 0.1) is 12.3 Å². The Labute approximate surface area is 77.8 Å². The Hall–Kier alpha value is -1.22. The largest absolute Gasteiger partial charge is 0.360 e. The molecule has 0 aromatic carbocycles. The third-order valence-corrected chi connectivity index (χ3v) is 1.78. The summed E-state index contributed by atoms with van der Waals surface area (Å²) in [4.78, 5) is 15.4. The molecular weight excluding hydrogens is 166 g/mol. The minimum atomic E-state index is -0.493. The van der Waals surface area contributed by atoms with Crippen molar-refractivity contribution in [1.82, 2.24) is 0 Å². The van der Waals surface area contributed by atoms with Crippen LogP contribution in [0.15, 0.2) is 29.9 Å². The van der Waals surface area contributed by atoms with Gasteiger partial charge in [-0.2, -0.15) is 0 Å². The van der Waals surface area contributed by atoms with Crippen molar-refractivity contribution in [2.75, 3.05) is 6.61 Å². The minimum Gasteiger partial charge on any atom is -0.360 e. The first-order valence-corrected chi connectivity index (χ1v) is 4.29. The van der Waals surface area contributed by atoms with Crippen LogP contribution in [-0.2, 0) is 9.53 Å². The van der Waals surface area contributed by atoms with Crippen molar-refractivity contribution in [3.8, 4) is 0 Å². The van der Waals surface area contributed by atoms with Crippen LogP contribution in [-0.4, -0.2) is 24.2 Å². The van der Waals surface area contributed by atoms with Crippen LogP contribution in [0.4, 0.5) is 0 Å². The summed E-state index contributed by atoms with van der Waals surface area (Å²) in [7, 11) is 0. The summed E-state index contributed by atoms with van der Waals surface area (Å²) in [5.74, 6) is -0.0336. The average Bonchev–Trinajstić information content (AvgIpc) is 2.15. The van der Waals surface area contributed by atoms with Gasteiger partial charge in [0.1, 0.15) is 0 Å². The van der Waals surface area contributed by atoms with E-state index in [1.165, 1.54) is 12.3 Å². The Bertz CT molecular complexity index is 266. The fourth-order valence-corrected chi connectivity index (χ4v) is 1.15. The third kappa shape index (κ3) is 2.36. The number of carbonyl (C=O) groups excluding carboxylic acids is 1. The van der Waals surface area contributed by atoms with E-state index in [1.54, 1.807) is 6.08 Å². The topological polar surface area (TPSA) is 38.7 Å². The minimum absolute atomic E-state index is 0.0336. The van der Waals surface area contributed by atoms with Gasteiger partial charge in [-0.05, 0) is 6.42 Å². The molecule has 1 aliphatic rings. The molecule has 0 aromatic rings. The molecule has 0 radical (unpaired) electrons. The molecule has 0 aliphatic carbocycles. The number of rotatable bonds is 4. The van der Waals surface area contributed by atoms with E-state index < -0.39 is 6.10 Å². The lowest BCUT2D eigenvalue weighted by Crippen LogP contribution is -2.33. The van der Waals surface area contributed by atoms with Crippen LogP contribution in [0.2, 0.25) is 0 Å². The number of hydrogen-bond acceptors (Lipinski definition) is 3. The highest BCUT2D eigenvalue weighted by Gasteiger charge is 2.23. The first-order chi connectivity index (χ1) is 6.29. The van der Waals surface area contributed by atoms with Gasteiger partial charge in [0.15, 0.2) is 11.9 Å². The molecule has 3 nitrogen and oxygen atoms in total. The fraction of sp³-hybridized carbons (Fsp3) is 0.400. The maximum atomic E-state index is 11.3. The van der Waals surface area contributed by atoms with E-state index >= 15 is 0 Å². The fourth-order valence-electron chi connectivity index (χ4n) is 1.15. The maximum Gasteiger partial charge on any atom is 0.191 e. The number of aliphatic imine (C=N–C) groups is 1. The second-order valence-corrected chi connectivity index (χ2v) is 2.69. The molecule has 13 heavy (non-hydrogen) atoms. The SMILES string of the molecule is C=CCOC1C(=O)C=CN=C1CC. The zero-order chi connectivity index (χ0) is 9.68. The Kier molecular flexibility index (Phi) is 3.58. The molecule has 0 saturated carbocycles. The lowest BCUT2D eigenvalue weighted by atomic mass is 10.1. The van der Waals surface area contributed by atoms with Gasteiger partial charge in [-0.3, -0.25) is 9.79 Å². The van der Waals surface area contributed by atoms with Gasteiger partial charge in [-0.1, -0.05) is 13.0 Å². The second-order valence-electron chi connectivity index (χ2n) is 2.69. The van der Waals surface area contributed by atoms with Gasteiger partial charge < -0.3 is 4.74 Å². The molecule has 70 valence electrons. The molecule has 0 bridgehead atoms. The average molecular weight is 179 g/mol. The van der Waals surface area contributed by atoms with Crippen LogP contribution in [0.25, 0.3) is 0 Å². The van der Waals surface area contributed by atoms with Crippen molar-refractivity contribution in [2.45, 2.75) is 19.4 Å². The smallest absolute Gasteiger partial charge is 0.191 e. The summed E-state index contributed by atoms with van der Waals surface area (Å²) < 4.78 is 5.30. The van der Waals surface area contributed by atoms with Crippen molar-refractivity contribution >= 4 is 11.5 Å². The second kappa shape index (κ2) is 4.72. The first-order valence-electron chi connectivity index (χ1n) is 4.29. The highest BCUT2D eigenvalue weighted by Crippen LogP contribution is 2.08. The van der Waals surface area contributed by atoms with Crippen molar-refractivity contribution in [1.29, 1.82) is 0 Å². The number of nitrogens with zero attached hydrogens (tertiary/aromatic N) is 1. The van der Waals surface area contributed by atoms with Crippen LogP contribution in [0, 0.1) is 0 Å². The summed E-state index contributed by atoms with van der Waals surface area (Å²) in [5.41, 5.74) is 0.786. The molecular formula is C10H13NO2. The number of ether oxygens (including phenoxy) is 1. The number of ketones is 1. The monoisotopic (exact) mass is 179 g/mol. The van der Waals surface area contributed by atoms with E-state index in [2.05, 4.69) is 11.6 Å². The third-order valence-electron chi connectivity index (χ3n) is 1.78. The molecule has 3 heteroatoms. The van der Waals surface area contributed by atoms with Crippen LogP contribution < -0.4 is 0 Å². The van der Waals surface area contributed by atoms with Gasteiger partial charge in [0.2, 0.25) is 0 Å². The van der Waals surface area contributed by atoms with E-state index in [1.807, 2.05) is 6.92 Å². The van der Waals surface area contributed by atoms with Gasteiger partial charge in [-0.25, -0.2) is 0 Å². The van der Waals surface area contributed by atoms with Crippen molar-refractivity contribution in [3.05, 3.63) is 24.9 Å². The van der Waals surface area contributed by atoms with Gasteiger partial charge >= 0.3 is 0 Å². The molecule has 1 aliphatic heterocycles. The lowest BCUT2D eigenvalue weighted by molar-refractivity contribution is -0.121. The lowest BCUT2D eigenvalue weighted by Gasteiger charge is -2.17. The van der Waals surface area contributed by atoms with Crippen LogP contribution in [0.3, 0.4) is 0 Å².